The smallest absolute Gasteiger partial charge is 0.225 e. The molecule has 0 saturated heterocycles. The van der Waals surface area contributed by atoms with E-state index in [0.29, 0.717) is 18.9 Å². The minimum absolute atomic E-state index is 0.220. The Morgan fingerprint density at radius 3 is 2.76 bits per heavy atom. The van der Waals surface area contributed by atoms with Crippen LogP contribution in [0.4, 0.5) is 11.8 Å². The van der Waals surface area contributed by atoms with E-state index in [1.54, 1.807) is 0 Å². The fourth-order valence-corrected chi connectivity index (χ4v) is 3.99. The van der Waals surface area contributed by atoms with Crippen molar-refractivity contribution in [3.8, 4) is 0 Å². The Hall–Kier alpha value is -2.84. The molecule has 0 spiro atoms. The molecule has 2 aromatic rings. The molecule has 154 valence electrons. The van der Waals surface area contributed by atoms with Gasteiger partial charge in [0.25, 0.3) is 0 Å². The van der Waals surface area contributed by atoms with Gasteiger partial charge in [-0.15, -0.1) is 0 Å². The van der Waals surface area contributed by atoms with Gasteiger partial charge in [0.05, 0.1) is 24.4 Å². The third kappa shape index (κ3) is 3.73. The summed E-state index contributed by atoms with van der Waals surface area (Å²) in [6, 6.07) is 7.90. The molecule has 2 aliphatic rings. The maximum atomic E-state index is 10.6. The number of anilines is 2. The van der Waals surface area contributed by atoms with Crippen molar-refractivity contribution < 1.29 is 5.11 Å². The highest BCUT2D eigenvalue weighted by molar-refractivity contribution is 5.70. The Morgan fingerprint density at radius 2 is 2.00 bits per heavy atom. The monoisotopic (exact) mass is 395 g/mol. The van der Waals surface area contributed by atoms with Crippen molar-refractivity contribution in [3.63, 3.8) is 0 Å². The first-order valence-electron chi connectivity index (χ1n) is 10.2. The van der Waals surface area contributed by atoms with Crippen LogP contribution in [0.5, 0.6) is 0 Å². The Morgan fingerprint density at radius 1 is 1.17 bits per heavy atom. The molecular weight excluding hydrogens is 366 g/mol. The molecule has 2 heterocycles. The number of nitrogens with one attached hydrogen (secondary N) is 4. The molecule has 0 amide bonds. The van der Waals surface area contributed by atoms with Gasteiger partial charge in [-0.05, 0) is 17.5 Å². The number of fused-ring (bicyclic) bond motifs is 2. The summed E-state index contributed by atoms with van der Waals surface area (Å²) in [7, 11) is 3.76. The predicted molar refractivity (Wildman–Crippen MR) is 115 cm³/mol. The number of nitrogens with zero attached hydrogens (tertiary/aromatic N) is 3. The van der Waals surface area contributed by atoms with Crippen molar-refractivity contribution in [1.29, 1.82) is 0 Å². The number of rotatable bonds is 7. The average molecular weight is 396 g/mol. The standard InChI is InChI=1S/C21H29N7O/c1-4-9-24-28-11-15-18(16(12-28)22-2)25-21(27-20(15)23-3)26-19-14-8-6-5-7-13(14)10-17(19)29/h5-8,12,17,19,22,24,29H,4,9-11H2,1-3H3,(H2,23,25,26,27)/t17?,19-/m1/s1. The molecule has 1 unspecified atom stereocenters. The van der Waals surface area contributed by atoms with Gasteiger partial charge in [-0.25, -0.2) is 10.4 Å². The molecule has 0 fully saturated rings. The second kappa shape index (κ2) is 8.26. The number of hydrogen-bond donors (Lipinski definition) is 5. The lowest BCUT2D eigenvalue weighted by Gasteiger charge is -2.30. The van der Waals surface area contributed by atoms with Crippen molar-refractivity contribution in [2.24, 2.45) is 0 Å². The number of aliphatic hydroxyl groups is 1. The van der Waals surface area contributed by atoms with E-state index < -0.39 is 6.10 Å². The molecule has 0 saturated carbocycles. The molecule has 29 heavy (non-hydrogen) atoms. The van der Waals surface area contributed by atoms with E-state index in [1.807, 2.05) is 32.4 Å². The third-order valence-corrected chi connectivity index (χ3v) is 5.44. The molecule has 2 atom stereocenters. The Labute approximate surface area is 171 Å². The fourth-order valence-electron chi connectivity index (χ4n) is 3.99. The minimum atomic E-state index is -0.502. The zero-order valence-corrected chi connectivity index (χ0v) is 17.2. The van der Waals surface area contributed by atoms with Crippen LogP contribution in [0.25, 0.3) is 5.70 Å². The highest BCUT2D eigenvalue weighted by atomic mass is 16.3. The lowest BCUT2D eigenvalue weighted by atomic mass is 10.1. The number of benzene rings is 1. The van der Waals surface area contributed by atoms with E-state index >= 15 is 0 Å². The number of hydrogen-bond acceptors (Lipinski definition) is 8. The van der Waals surface area contributed by atoms with Gasteiger partial charge in [0.2, 0.25) is 5.95 Å². The normalized spacial score (nSPS) is 20.0. The molecular formula is C21H29N7O. The minimum Gasteiger partial charge on any atom is -0.390 e. The summed E-state index contributed by atoms with van der Waals surface area (Å²) < 4.78 is 0. The van der Waals surface area contributed by atoms with Crippen molar-refractivity contribution in [2.45, 2.75) is 38.5 Å². The van der Waals surface area contributed by atoms with Crippen LogP contribution >= 0.6 is 0 Å². The van der Waals surface area contributed by atoms with Gasteiger partial charge in [0.1, 0.15) is 11.5 Å². The van der Waals surface area contributed by atoms with Gasteiger partial charge in [0, 0.05) is 38.8 Å². The first-order valence-corrected chi connectivity index (χ1v) is 10.2. The molecule has 1 aromatic heterocycles. The number of hydrazine groups is 1. The molecule has 1 aromatic carbocycles. The molecule has 0 bridgehead atoms. The summed E-state index contributed by atoms with van der Waals surface area (Å²) in [4.78, 5) is 9.51. The second-order valence-electron chi connectivity index (χ2n) is 7.39. The summed E-state index contributed by atoms with van der Waals surface area (Å²) in [5.74, 6) is 1.28. The quantitative estimate of drug-likeness (QED) is 0.485. The maximum absolute atomic E-state index is 10.6. The third-order valence-electron chi connectivity index (χ3n) is 5.44. The van der Waals surface area contributed by atoms with Gasteiger partial charge in [-0.1, -0.05) is 31.2 Å². The highest BCUT2D eigenvalue weighted by Crippen LogP contribution is 2.35. The average Bonchev–Trinajstić information content (AvgIpc) is 3.06. The lowest BCUT2D eigenvalue weighted by Crippen LogP contribution is -2.37. The van der Waals surface area contributed by atoms with E-state index in [2.05, 4.69) is 45.4 Å². The molecule has 0 radical (unpaired) electrons. The predicted octanol–water partition coefficient (Wildman–Crippen LogP) is 1.84. The van der Waals surface area contributed by atoms with Gasteiger partial charge in [-0.3, -0.25) is 0 Å². The highest BCUT2D eigenvalue weighted by Gasteiger charge is 2.32. The van der Waals surface area contributed by atoms with E-state index in [0.717, 1.165) is 46.9 Å². The van der Waals surface area contributed by atoms with Crippen LogP contribution in [0.15, 0.2) is 30.5 Å². The zero-order valence-electron chi connectivity index (χ0n) is 17.2. The van der Waals surface area contributed by atoms with Crippen molar-refractivity contribution in [3.05, 3.63) is 52.8 Å². The topological polar surface area (TPSA) is 97.4 Å². The Balaban J connectivity index is 1.66. The number of aromatic nitrogens is 2. The van der Waals surface area contributed by atoms with E-state index in [-0.39, 0.29) is 6.04 Å². The van der Waals surface area contributed by atoms with Gasteiger partial charge in [0.15, 0.2) is 0 Å². The van der Waals surface area contributed by atoms with Gasteiger partial charge in [-0.2, -0.15) is 4.98 Å². The molecule has 8 nitrogen and oxygen atoms in total. The van der Waals surface area contributed by atoms with Crippen molar-refractivity contribution >= 4 is 17.5 Å². The van der Waals surface area contributed by atoms with Crippen LogP contribution in [0.2, 0.25) is 0 Å². The van der Waals surface area contributed by atoms with Gasteiger partial charge >= 0.3 is 0 Å². The summed E-state index contributed by atoms with van der Waals surface area (Å²) in [5, 5.41) is 22.5. The zero-order chi connectivity index (χ0) is 20.4. The molecule has 5 N–H and O–H groups in total. The summed E-state index contributed by atoms with van der Waals surface area (Å²) >= 11 is 0. The summed E-state index contributed by atoms with van der Waals surface area (Å²) in [6.45, 7) is 3.71. The first-order chi connectivity index (χ1) is 14.1. The Bertz CT molecular complexity index is 914. The van der Waals surface area contributed by atoms with Gasteiger partial charge < -0.3 is 26.1 Å². The molecule has 1 aliphatic carbocycles. The van der Waals surface area contributed by atoms with Crippen molar-refractivity contribution in [2.75, 3.05) is 31.3 Å². The van der Waals surface area contributed by atoms with Crippen LogP contribution in [-0.2, 0) is 13.0 Å². The SMILES string of the molecule is CCCNN1C=C(NC)c2nc(N[C@@H]3c4ccccc4CC3O)nc(NC)c2C1. The van der Waals surface area contributed by atoms with Crippen LogP contribution in [-0.4, -0.2) is 46.8 Å². The number of aliphatic hydroxyl groups excluding tert-OH is 1. The van der Waals surface area contributed by atoms with Crippen LogP contribution in [0.1, 0.15) is 41.8 Å². The van der Waals surface area contributed by atoms with E-state index in [4.69, 9.17) is 9.97 Å². The first kappa shape index (κ1) is 19.5. The lowest BCUT2D eigenvalue weighted by molar-refractivity contribution is 0.165. The Kier molecular flexibility index (Phi) is 5.55. The molecule has 1 aliphatic heterocycles. The molecule has 4 rings (SSSR count). The fraction of sp³-hybridized carbons (Fsp3) is 0.429. The van der Waals surface area contributed by atoms with E-state index in [9.17, 15) is 5.11 Å². The largest absolute Gasteiger partial charge is 0.390 e. The summed E-state index contributed by atoms with van der Waals surface area (Å²) in [6.07, 6.45) is 3.22. The van der Waals surface area contributed by atoms with Crippen molar-refractivity contribution in [1.82, 2.24) is 25.7 Å². The van der Waals surface area contributed by atoms with E-state index in [1.165, 1.54) is 0 Å². The second-order valence-corrected chi connectivity index (χ2v) is 7.39. The summed E-state index contributed by atoms with van der Waals surface area (Å²) in [5.41, 5.74) is 8.49. The maximum Gasteiger partial charge on any atom is 0.225 e. The van der Waals surface area contributed by atoms with Crippen LogP contribution in [0.3, 0.4) is 0 Å². The van der Waals surface area contributed by atoms with Crippen LogP contribution < -0.4 is 21.4 Å². The molecule has 8 heteroatoms. The van der Waals surface area contributed by atoms with Crippen LogP contribution in [0, 0.1) is 0 Å².